The van der Waals surface area contributed by atoms with Crippen LogP contribution in [0, 0.1) is 0 Å². The summed E-state index contributed by atoms with van der Waals surface area (Å²) in [7, 11) is 1.40. The van der Waals surface area contributed by atoms with Crippen LogP contribution in [0.4, 0.5) is 0 Å². The summed E-state index contributed by atoms with van der Waals surface area (Å²) in [5.74, 6) is 0.188. The maximum absolute atomic E-state index is 11.7. The van der Waals surface area contributed by atoms with Crippen LogP contribution >= 0.6 is 0 Å². The number of benzene rings is 1. The van der Waals surface area contributed by atoms with Crippen molar-refractivity contribution >= 4 is 11.7 Å². The van der Waals surface area contributed by atoms with E-state index in [1.54, 1.807) is 24.3 Å². The molecule has 0 aliphatic rings. The number of Topliss-reactive ketones (excluding diaryl/α,β-unsaturated/α-hetero) is 1. The van der Waals surface area contributed by atoms with Crippen molar-refractivity contribution in [2.75, 3.05) is 20.3 Å². The molecule has 5 nitrogen and oxygen atoms in total. The lowest BCUT2D eigenvalue weighted by Gasteiger charge is -2.08. The van der Waals surface area contributed by atoms with Crippen molar-refractivity contribution < 1.29 is 19.1 Å². The van der Waals surface area contributed by atoms with Gasteiger partial charge in [-0.25, -0.2) is 0 Å². The van der Waals surface area contributed by atoms with Crippen molar-refractivity contribution in [3.8, 4) is 5.75 Å². The molecule has 20 heavy (non-hydrogen) atoms. The van der Waals surface area contributed by atoms with E-state index in [2.05, 4.69) is 18.5 Å². The molecule has 0 spiro atoms. The standard InChI is InChI=1S/C15H17NO4/c1-4-14(17)16-9-10-20-13-7-5-12(6-8-13)15(18)11(2)19-3/h4-8H,1-2,9-10H2,3H3,(H,16,17). The second kappa shape index (κ2) is 7.78. The summed E-state index contributed by atoms with van der Waals surface area (Å²) in [6, 6.07) is 6.60. The lowest BCUT2D eigenvalue weighted by molar-refractivity contribution is -0.116. The minimum atomic E-state index is -0.266. The van der Waals surface area contributed by atoms with Crippen molar-refractivity contribution in [1.29, 1.82) is 0 Å². The molecule has 0 aliphatic heterocycles. The van der Waals surface area contributed by atoms with Gasteiger partial charge in [0.15, 0.2) is 5.76 Å². The van der Waals surface area contributed by atoms with Crippen molar-refractivity contribution in [3.63, 3.8) is 0 Å². The summed E-state index contributed by atoms with van der Waals surface area (Å²) in [5.41, 5.74) is 0.476. The number of allylic oxidation sites excluding steroid dienone is 1. The predicted octanol–water partition coefficient (Wildman–Crippen LogP) is 1.71. The summed E-state index contributed by atoms with van der Waals surface area (Å²) in [4.78, 5) is 22.6. The Morgan fingerprint density at radius 1 is 1.30 bits per heavy atom. The molecule has 0 saturated carbocycles. The molecule has 0 saturated heterocycles. The van der Waals surface area contributed by atoms with Crippen molar-refractivity contribution in [3.05, 3.63) is 54.8 Å². The van der Waals surface area contributed by atoms with Crippen LogP contribution in [-0.2, 0) is 9.53 Å². The number of nitrogens with one attached hydrogen (secondary N) is 1. The number of hydrogen-bond acceptors (Lipinski definition) is 4. The van der Waals surface area contributed by atoms with E-state index < -0.39 is 0 Å². The molecule has 0 aromatic heterocycles. The zero-order chi connectivity index (χ0) is 15.0. The number of amides is 1. The van der Waals surface area contributed by atoms with Gasteiger partial charge in [0.2, 0.25) is 11.7 Å². The molecule has 106 valence electrons. The number of rotatable bonds is 8. The number of carbonyl (C=O) groups excluding carboxylic acids is 2. The summed E-state index contributed by atoms with van der Waals surface area (Å²) in [6.45, 7) is 7.56. The lowest BCUT2D eigenvalue weighted by atomic mass is 10.1. The highest BCUT2D eigenvalue weighted by Crippen LogP contribution is 2.14. The van der Waals surface area contributed by atoms with Crippen LogP contribution in [0.5, 0.6) is 5.75 Å². The maximum Gasteiger partial charge on any atom is 0.243 e. The molecule has 0 bridgehead atoms. The Kier molecular flexibility index (Phi) is 6.03. The lowest BCUT2D eigenvalue weighted by Crippen LogP contribution is -2.26. The molecule has 0 radical (unpaired) electrons. The molecular formula is C15H17NO4. The zero-order valence-corrected chi connectivity index (χ0v) is 11.3. The Balaban J connectivity index is 2.47. The largest absolute Gasteiger partial charge is 0.493 e. The SMILES string of the molecule is C=CC(=O)NCCOc1ccc(C(=O)C(=C)OC)cc1. The van der Waals surface area contributed by atoms with Crippen LogP contribution in [-0.4, -0.2) is 32.0 Å². The van der Waals surface area contributed by atoms with Gasteiger partial charge in [0, 0.05) is 5.56 Å². The Hall–Kier alpha value is -2.56. The van der Waals surface area contributed by atoms with Gasteiger partial charge >= 0.3 is 0 Å². The van der Waals surface area contributed by atoms with E-state index in [4.69, 9.17) is 9.47 Å². The van der Waals surface area contributed by atoms with E-state index in [-0.39, 0.29) is 17.4 Å². The monoisotopic (exact) mass is 275 g/mol. The van der Waals surface area contributed by atoms with Crippen LogP contribution < -0.4 is 10.1 Å². The van der Waals surface area contributed by atoms with Crippen LogP contribution in [0.2, 0.25) is 0 Å². The molecule has 0 heterocycles. The van der Waals surface area contributed by atoms with Gasteiger partial charge in [-0.3, -0.25) is 9.59 Å². The molecule has 1 N–H and O–H groups in total. The first-order valence-corrected chi connectivity index (χ1v) is 5.99. The molecule has 0 atom stereocenters. The van der Waals surface area contributed by atoms with Crippen LogP contribution in [0.25, 0.3) is 0 Å². The molecule has 5 heteroatoms. The van der Waals surface area contributed by atoms with Gasteiger partial charge in [-0.15, -0.1) is 0 Å². The molecule has 1 rings (SSSR count). The Labute approximate surface area is 117 Å². The fraction of sp³-hybridized carbons (Fsp3) is 0.200. The molecule has 0 fully saturated rings. The molecule has 1 aromatic carbocycles. The van der Waals surface area contributed by atoms with Crippen molar-refractivity contribution in [2.45, 2.75) is 0 Å². The summed E-state index contributed by atoms with van der Waals surface area (Å²) < 4.78 is 10.2. The van der Waals surface area contributed by atoms with Crippen molar-refractivity contribution in [2.24, 2.45) is 0 Å². The van der Waals surface area contributed by atoms with Crippen LogP contribution in [0.3, 0.4) is 0 Å². The Morgan fingerprint density at radius 3 is 2.50 bits per heavy atom. The highest BCUT2D eigenvalue weighted by molar-refractivity contribution is 6.06. The van der Waals surface area contributed by atoms with E-state index in [1.165, 1.54) is 13.2 Å². The van der Waals surface area contributed by atoms with E-state index in [0.29, 0.717) is 24.5 Å². The second-order valence-corrected chi connectivity index (χ2v) is 3.82. The Bertz CT molecular complexity index is 505. The smallest absolute Gasteiger partial charge is 0.243 e. The minimum Gasteiger partial charge on any atom is -0.493 e. The van der Waals surface area contributed by atoms with E-state index in [0.717, 1.165) is 0 Å². The third kappa shape index (κ3) is 4.61. The van der Waals surface area contributed by atoms with E-state index >= 15 is 0 Å². The Morgan fingerprint density at radius 2 is 1.95 bits per heavy atom. The summed E-state index contributed by atoms with van der Waals surface area (Å²) in [5, 5.41) is 2.59. The zero-order valence-electron chi connectivity index (χ0n) is 11.3. The van der Waals surface area contributed by atoms with Gasteiger partial charge in [0.1, 0.15) is 12.4 Å². The molecule has 1 amide bonds. The van der Waals surface area contributed by atoms with Gasteiger partial charge in [0.05, 0.1) is 13.7 Å². The summed E-state index contributed by atoms with van der Waals surface area (Å²) in [6.07, 6.45) is 1.20. The first-order valence-electron chi connectivity index (χ1n) is 5.99. The average molecular weight is 275 g/mol. The third-order valence-electron chi connectivity index (χ3n) is 2.47. The quantitative estimate of drug-likeness (QED) is 0.339. The normalized spacial score (nSPS) is 9.45. The number of carbonyl (C=O) groups is 2. The molecule has 0 aliphatic carbocycles. The molecule has 0 unspecified atom stereocenters. The first kappa shape index (κ1) is 15.5. The average Bonchev–Trinajstić information content (AvgIpc) is 2.50. The maximum atomic E-state index is 11.7. The third-order valence-corrected chi connectivity index (χ3v) is 2.47. The minimum absolute atomic E-state index is 0.0887. The highest BCUT2D eigenvalue weighted by atomic mass is 16.5. The number of hydrogen-bond donors (Lipinski definition) is 1. The van der Waals surface area contributed by atoms with Crippen LogP contribution in [0.1, 0.15) is 10.4 Å². The number of methoxy groups -OCH3 is 1. The molecule has 1 aromatic rings. The fourth-order valence-electron chi connectivity index (χ4n) is 1.37. The van der Waals surface area contributed by atoms with Gasteiger partial charge in [-0.05, 0) is 30.3 Å². The number of ether oxygens (including phenoxy) is 2. The predicted molar refractivity (Wildman–Crippen MR) is 75.6 cm³/mol. The van der Waals surface area contributed by atoms with Gasteiger partial charge in [-0.2, -0.15) is 0 Å². The van der Waals surface area contributed by atoms with Gasteiger partial charge < -0.3 is 14.8 Å². The molecular weight excluding hydrogens is 258 g/mol. The van der Waals surface area contributed by atoms with Crippen LogP contribution in [0.15, 0.2) is 49.3 Å². The fourth-order valence-corrected chi connectivity index (χ4v) is 1.37. The van der Waals surface area contributed by atoms with Gasteiger partial charge in [0.25, 0.3) is 0 Å². The second-order valence-electron chi connectivity index (χ2n) is 3.82. The topological polar surface area (TPSA) is 64.6 Å². The van der Waals surface area contributed by atoms with Gasteiger partial charge in [-0.1, -0.05) is 13.2 Å². The van der Waals surface area contributed by atoms with Crippen molar-refractivity contribution in [1.82, 2.24) is 5.32 Å². The highest BCUT2D eigenvalue weighted by Gasteiger charge is 2.10. The first-order chi connectivity index (χ1) is 9.58. The van der Waals surface area contributed by atoms with E-state index in [1.807, 2.05) is 0 Å². The summed E-state index contributed by atoms with van der Waals surface area (Å²) >= 11 is 0. The van der Waals surface area contributed by atoms with E-state index in [9.17, 15) is 9.59 Å². The number of ketones is 1.